The van der Waals surface area contributed by atoms with Gasteiger partial charge in [0.2, 0.25) is 0 Å². The van der Waals surface area contributed by atoms with Crippen molar-refractivity contribution < 1.29 is 4.74 Å². The predicted molar refractivity (Wildman–Crippen MR) is 88.0 cm³/mol. The zero-order chi connectivity index (χ0) is 14.5. The summed E-state index contributed by atoms with van der Waals surface area (Å²) in [6.07, 6.45) is 10.5. The Bertz CT molecular complexity index is 431. The highest BCUT2D eigenvalue weighted by molar-refractivity contribution is 7.15. The molecule has 0 radical (unpaired) electrons. The van der Waals surface area contributed by atoms with Gasteiger partial charge in [0.05, 0.1) is 6.61 Å². The normalized spacial score (nSPS) is 23.3. The van der Waals surface area contributed by atoms with E-state index in [4.69, 9.17) is 9.72 Å². The lowest BCUT2D eigenvalue weighted by Gasteiger charge is -2.29. The maximum Gasteiger partial charge on any atom is 0.185 e. The van der Waals surface area contributed by atoms with Crippen LogP contribution in [0.2, 0.25) is 0 Å². The summed E-state index contributed by atoms with van der Waals surface area (Å²) in [6, 6.07) is 0.757. The summed E-state index contributed by atoms with van der Waals surface area (Å²) in [4.78, 5) is 8.62. The van der Waals surface area contributed by atoms with Crippen molar-refractivity contribution in [2.24, 2.45) is 5.92 Å². The van der Waals surface area contributed by atoms with Crippen molar-refractivity contribution in [3.63, 3.8) is 0 Å². The molecular formula is C16H27N3OS. The molecule has 1 saturated carbocycles. The van der Waals surface area contributed by atoms with Crippen LogP contribution in [0, 0.1) is 5.92 Å². The van der Waals surface area contributed by atoms with Crippen molar-refractivity contribution in [1.82, 2.24) is 10.3 Å². The largest absolute Gasteiger partial charge is 0.383 e. The quantitative estimate of drug-likeness (QED) is 0.786. The van der Waals surface area contributed by atoms with Crippen LogP contribution >= 0.6 is 11.3 Å². The van der Waals surface area contributed by atoms with Gasteiger partial charge in [-0.3, -0.25) is 0 Å². The molecule has 0 aromatic carbocycles. The van der Waals surface area contributed by atoms with Gasteiger partial charge in [-0.2, -0.15) is 0 Å². The minimum absolute atomic E-state index is 0.757. The second-order valence-corrected chi connectivity index (χ2v) is 7.32. The van der Waals surface area contributed by atoms with E-state index in [1.54, 1.807) is 7.11 Å². The first-order valence-corrected chi connectivity index (χ1v) is 9.11. The number of nitrogens with zero attached hydrogens (tertiary/aromatic N) is 2. The van der Waals surface area contributed by atoms with Crippen LogP contribution in [0.4, 0.5) is 5.13 Å². The van der Waals surface area contributed by atoms with Gasteiger partial charge in [0.1, 0.15) is 0 Å². The minimum atomic E-state index is 0.757. The number of rotatable bonds is 7. The summed E-state index contributed by atoms with van der Waals surface area (Å²) < 4.78 is 5.05. The Morgan fingerprint density at radius 3 is 3.00 bits per heavy atom. The molecule has 1 saturated heterocycles. The van der Waals surface area contributed by atoms with Gasteiger partial charge >= 0.3 is 0 Å². The Labute approximate surface area is 131 Å². The smallest absolute Gasteiger partial charge is 0.185 e. The first-order valence-electron chi connectivity index (χ1n) is 8.29. The summed E-state index contributed by atoms with van der Waals surface area (Å²) in [7, 11) is 1.74. The fraction of sp³-hybridized carbons (Fsp3) is 0.812. The number of ether oxygens (including phenoxy) is 1. The second-order valence-electron chi connectivity index (χ2n) is 6.23. The number of hydrogen-bond acceptors (Lipinski definition) is 5. The molecule has 1 unspecified atom stereocenters. The fourth-order valence-corrected chi connectivity index (χ4v) is 4.72. The van der Waals surface area contributed by atoms with E-state index >= 15 is 0 Å². The van der Waals surface area contributed by atoms with E-state index in [0.717, 1.165) is 31.7 Å². The van der Waals surface area contributed by atoms with Gasteiger partial charge in [0.15, 0.2) is 5.13 Å². The number of aromatic nitrogens is 1. The molecule has 21 heavy (non-hydrogen) atoms. The molecule has 5 heteroatoms. The zero-order valence-corrected chi connectivity index (χ0v) is 13.8. The van der Waals surface area contributed by atoms with Crippen LogP contribution in [0.3, 0.4) is 0 Å². The Kier molecular flexibility index (Phi) is 5.49. The highest BCUT2D eigenvalue weighted by atomic mass is 32.1. The van der Waals surface area contributed by atoms with Crippen molar-refractivity contribution in [2.75, 3.05) is 31.7 Å². The molecule has 2 aliphatic rings. The van der Waals surface area contributed by atoms with E-state index in [2.05, 4.69) is 10.2 Å². The maximum atomic E-state index is 5.05. The van der Waals surface area contributed by atoms with Gasteiger partial charge in [-0.05, 0) is 31.6 Å². The molecule has 118 valence electrons. The standard InChI is InChI=1S/C16H27N3OS/c1-20-10-8-17-11-14-12-18-16(21-14)19-9-4-7-15(19)13-5-2-3-6-13/h12-13,15,17H,2-11H2,1H3. The maximum absolute atomic E-state index is 5.05. The Morgan fingerprint density at radius 1 is 1.33 bits per heavy atom. The number of thiazole rings is 1. The van der Waals surface area contributed by atoms with E-state index in [9.17, 15) is 0 Å². The molecule has 0 amide bonds. The molecule has 1 aromatic rings. The van der Waals surface area contributed by atoms with Crippen LogP contribution in [0.5, 0.6) is 0 Å². The fourth-order valence-electron chi connectivity index (χ4n) is 3.76. The molecule has 1 aliphatic heterocycles. The van der Waals surface area contributed by atoms with E-state index < -0.39 is 0 Å². The monoisotopic (exact) mass is 309 g/mol. The van der Waals surface area contributed by atoms with Crippen LogP contribution in [0.15, 0.2) is 6.20 Å². The van der Waals surface area contributed by atoms with Crippen molar-refractivity contribution >= 4 is 16.5 Å². The van der Waals surface area contributed by atoms with Crippen molar-refractivity contribution in [3.8, 4) is 0 Å². The van der Waals surface area contributed by atoms with Crippen molar-refractivity contribution in [2.45, 2.75) is 51.1 Å². The molecule has 1 aromatic heterocycles. The van der Waals surface area contributed by atoms with Gasteiger partial charge in [-0.1, -0.05) is 12.8 Å². The number of nitrogens with one attached hydrogen (secondary N) is 1. The van der Waals surface area contributed by atoms with Crippen LogP contribution in [-0.4, -0.2) is 37.8 Å². The molecule has 2 heterocycles. The third-order valence-corrected chi connectivity index (χ3v) is 5.85. The summed E-state index contributed by atoms with van der Waals surface area (Å²) in [6.45, 7) is 3.77. The van der Waals surface area contributed by atoms with Crippen LogP contribution in [0.25, 0.3) is 0 Å². The summed E-state index contributed by atoms with van der Waals surface area (Å²) >= 11 is 1.86. The average molecular weight is 309 g/mol. The average Bonchev–Trinajstić information content (AvgIpc) is 3.22. The van der Waals surface area contributed by atoms with Crippen molar-refractivity contribution in [3.05, 3.63) is 11.1 Å². The topological polar surface area (TPSA) is 37.4 Å². The lowest BCUT2D eigenvalue weighted by molar-refractivity contribution is 0.199. The third kappa shape index (κ3) is 3.76. The molecule has 1 atom stereocenters. The highest BCUT2D eigenvalue weighted by Gasteiger charge is 2.34. The third-order valence-electron chi connectivity index (χ3n) is 4.81. The summed E-state index contributed by atoms with van der Waals surface area (Å²) in [5, 5.41) is 4.64. The van der Waals surface area contributed by atoms with Gasteiger partial charge in [0.25, 0.3) is 0 Å². The molecule has 1 aliphatic carbocycles. The molecular weight excluding hydrogens is 282 g/mol. The first kappa shape index (κ1) is 15.3. The Balaban J connectivity index is 1.56. The Hall–Kier alpha value is -0.650. The molecule has 4 nitrogen and oxygen atoms in total. The summed E-state index contributed by atoms with van der Waals surface area (Å²) in [5.74, 6) is 0.916. The Morgan fingerprint density at radius 2 is 2.19 bits per heavy atom. The molecule has 0 spiro atoms. The number of anilines is 1. The highest BCUT2D eigenvalue weighted by Crippen LogP contribution is 2.38. The summed E-state index contributed by atoms with van der Waals surface area (Å²) in [5.41, 5.74) is 0. The predicted octanol–water partition coefficient (Wildman–Crippen LogP) is 3.04. The zero-order valence-electron chi connectivity index (χ0n) is 13.0. The molecule has 0 bridgehead atoms. The van der Waals surface area contributed by atoms with Gasteiger partial charge in [-0.25, -0.2) is 4.98 Å². The van der Waals surface area contributed by atoms with Crippen LogP contribution in [0.1, 0.15) is 43.4 Å². The second kappa shape index (κ2) is 7.56. The van der Waals surface area contributed by atoms with Crippen LogP contribution in [-0.2, 0) is 11.3 Å². The molecule has 2 fully saturated rings. The first-order chi connectivity index (χ1) is 10.4. The van der Waals surface area contributed by atoms with Crippen molar-refractivity contribution in [1.29, 1.82) is 0 Å². The SMILES string of the molecule is COCCNCc1cnc(N2CCCC2C2CCCC2)s1. The number of hydrogen-bond donors (Lipinski definition) is 1. The lowest BCUT2D eigenvalue weighted by Crippen LogP contribution is -2.34. The van der Waals surface area contributed by atoms with E-state index in [1.165, 1.54) is 55.1 Å². The minimum Gasteiger partial charge on any atom is -0.383 e. The van der Waals surface area contributed by atoms with E-state index in [1.807, 2.05) is 17.5 Å². The van der Waals surface area contributed by atoms with E-state index in [-0.39, 0.29) is 0 Å². The van der Waals surface area contributed by atoms with Gasteiger partial charge < -0.3 is 15.0 Å². The van der Waals surface area contributed by atoms with Gasteiger partial charge in [0, 0.05) is 43.9 Å². The lowest BCUT2D eigenvalue weighted by atomic mass is 9.96. The van der Waals surface area contributed by atoms with E-state index in [0.29, 0.717) is 0 Å². The molecule has 3 rings (SSSR count). The molecule has 1 N–H and O–H groups in total. The number of methoxy groups -OCH3 is 1. The van der Waals surface area contributed by atoms with Crippen LogP contribution < -0.4 is 10.2 Å². The van der Waals surface area contributed by atoms with Gasteiger partial charge in [-0.15, -0.1) is 11.3 Å².